The highest BCUT2D eigenvalue weighted by molar-refractivity contribution is 6.30. The lowest BCUT2D eigenvalue weighted by Crippen LogP contribution is -2.66. The standard InChI is InChI=1S/C18H17ClFN3O2/c1-17(21)15(16(24)25)10-14(11-6-8-22-9-7-11)18(19,23-17)12-2-4-13(20)5-3-12/h2-10,15,23H,21H2,1H3,(H,24,25). The number of hydrogen-bond donors (Lipinski definition) is 3. The van der Waals surface area contributed by atoms with Crippen LogP contribution in [0.3, 0.4) is 0 Å². The lowest BCUT2D eigenvalue weighted by molar-refractivity contribution is -0.142. The van der Waals surface area contributed by atoms with Crippen LogP contribution >= 0.6 is 11.6 Å². The quantitative estimate of drug-likeness (QED) is 0.578. The monoisotopic (exact) mass is 361 g/mol. The molecule has 25 heavy (non-hydrogen) atoms. The molecule has 2 aromatic rings. The first kappa shape index (κ1) is 17.5. The molecule has 1 aliphatic heterocycles. The van der Waals surface area contributed by atoms with E-state index in [1.807, 2.05) is 0 Å². The van der Waals surface area contributed by atoms with Crippen molar-refractivity contribution in [2.45, 2.75) is 17.6 Å². The molecule has 1 aromatic carbocycles. The highest BCUT2D eigenvalue weighted by Gasteiger charge is 2.49. The van der Waals surface area contributed by atoms with Crippen LogP contribution in [0.4, 0.5) is 4.39 Å². The van der Waals surface area contributed by atoms with Crippen LogP contribution in [0, 0.1) is 11.7 Å². The summed E-state index contributed by atoms with van der Waals surface area (Å²) in [6.45, 7) is 1.56. The summed E-state index contributed by atoms with van der Waals surface area (Å²) in [6, 6.07) is 9.13. The summed E-state index contributed by atoms with van der Waals surface area (Å²) in [6.07, 6.45) is 4.72. The maximum Gasteiger partial charge on any atom is 0.313 e. The third kappa shape index (κ3) is 3.16. The molecule has 5 nitrogen and oxygen atoms in total. The Hall–Kier alpha value is -2.28. The number of alkyl halides is 1. The van der Waals surface area contributed by atoms with Crippen LogP contribution in [0.1, 0.15) is 18.1 Å². The number of hydrogen-bond acceptors (Lipinski definition) is 4. The van der Waals surface area contributed by atoms with Gasteiger partial charge in [-0.25, -0.2) is 4.39 Å². The Morgan fingerprint density at radius 1 is 1.28 bits per heavy atom. The van der Waals surface area contributed by atoms with Gasteiger partial charge in [-0.05, 0) is 47.9 Å². The van der Waals surface area contributed by atoms with Gasteiger partial charge in [0.25, 0.3) is 0 Å². The number of aromatic nitrogens is 1. The van der Waals surface area contributed by atoms with Crippen LogP contribution in [0.5, 0.6) is 0 Å². The van der Waals surface area contributed by atoms with Crippen LogP contribution in [-0.4, -0.2) is 21.7 Å². The fourth-order valence-electron chi connectivity index (χ4n) is 3.03. The number of benzene rings is 1. The molecule has 0 saturated carbocycles. The fourth-order valence-corrected chi connectivity index (χ4v) is 3.53. The minimum Gasteiger partial charge on any atom is -0.481 e. The summed E-state index contributed by atoms with van der Waals surface area (Å²) in [5.41, 5.74) is 6.67. The van der Waals surface area contributed by atoms with Crippen LogP contribution in [0.15, 0.2) is 54.9 Å². The van der Waals surface area contributed by atoms with E-state index >= 15 is 0 Å². The van der Waals surface area contributed by atoms with E-state index in [0.717, 1.165) is 0 Å². The summed E-state index contributed by atoms with van der Waals surface area (Å²) in [5, 5.41) is 12.6. The van der Waals surface area contributed by atoms with Gasteiger partial charge in [0.2, 0.25) is 0 Å². The van der Waals surface area contributed by atoms with Crippen molar-refractivity contribution >= 4 is 23.1 Å². The second-order valence-electron chi connectivity index (χ2n) is 6.21. The van der Waals surface area contributed by atoms with Crippen molar-refractivity contribution in [2.24, 2.45) is 11.7 Å². The zero-order valence-corrected chi connectivity index (χ0v) is 14.2. The van der Waals surface area contributed by atoms with Crippen molar-refractivity contribution in [2.75, 3.05) is 0 Å². The molecule has 0 aliphatic carbocycles. The van der Waals surface area contributed by atoms with Gasteiger partial charge in [0.1, 0.15) is 16.7 Å². The van der Waals surface area contributed by atoms with Crippen LogP contribution in [-0.2, 0) is 9.79 Å². The SMILES string of the molecule is CC1(N)NC(Cl)(c2ccc(F)cc2)C(c2ccncc2)=CC1C(=O)O. The van der Waals surface area contributed by atoms with Crippen molar-refractivity contribution in [1.29, 1.82) is 0 Å². The molecule has 2 heterocycles. The summed E-state index contributed by atoms with van der Waals surface area (Å²) >= 11 is 6.91. The first-order valence-electron chi connectivity index (χ1n) is 7.63. The van der Waals surface area contributed by atoms with E-state index in [2.05, 4.69) is 10.3 Å². The third-order valence-electron chi connectivity index (χ3n) is 4.29. The molecular weight excluding hydrogens is 345 g/mol. The molecule has 0 amide bonds. The largest absolute Gasteiger partial charge is 0.481 e. The summed E-state index contributed by atoms with van der Waals surface area (Å²) in [4.78, 5) is 14.3. The fraction of sp³-hybridized carbons (Fsp3) is 0.222. The van der Waals surface area contributed by atoms with Crippen molar-refractivity contribution in [1.82, 2.24) is 10.3 Å². The van der Waals surface area contributed by atoms with Gasteiger partial charge in [-0.2, -0.15) is 0 Å². The number of carbonyl (C=O) groups is 1. The van der Waals surface area contributed by atoms with Gasteiger partial charge in [-0.1, -0.05) is 29.8 Å². The Balaban J connectivity index is 2.22. The molecule has 7 heteroatoms. The normalized spacial score (nSPS) is 29.1. The van der Waals surface area contributed by atoms with E-state index in [0.29, 0.717) is 16.7 Å². The number of rotatable bonds is 3. The number of aliphatic carboxylic acids is 1. The maximum atomic E-state index is 13.3. The predicted octanol–water partition coefficient (Wildman–Crippen LogP) is 2.67. The Labute approximate surface area is 149 Å². The Bertz CT molecular complexity index is 824. The molecule has 0 bridgehead atoms. The molecule has 0 saturated heterocycles. The van der Waals surface area contributed by atoms with E-state index < -0.39 is 28.4 Å². The summed E-state index contributed by atoms with van der Waals surface area (Å²) in [5.74, 6) is -2.46. The molecule has 130 valence electrons. The molecule has 3 atom stereocenters. The van der Waals surface area contributed by atoms with E-state index in [9.17, 15) is 14.3 Å². The lowest BCUT2D eigenvalue weighted by atomic mass is 9.80. The average molecular weight is 362 g/mol. The second kappa shape index (κ2) is 6.22. The average Bonchev–Trinajstić information content (AvgIpc) is 2.55. The van der Waals surface area contributed by atoms with Crippen LogP contribution in [0.25, 0.3) is 5.57 Å². The zero-order chi connectivity index (χ0) is 18.2. The van der Waals surface area contributed by atoms with E-state index in [-0.39, 0.29) is 0 Å². The van der Waals surface area contributed by atoms with Gasteiger partial charge in [0.15, 0.2) is 0 Å². The number of nitrogens with zero attached hydrogens (tertiary/aromatic N) is 1. The van der Waals surface area contributed by atoms with Crippen molar-refractivity contribution in [3.05, 3.63) is 71.8 Å². The predicted molar refractivity (Wildman–Crippen MR) is 93.0 cm³/mol. The Morgan fingerprint density at radius 3 is 2.44 bits per heavy atom. The minimum absolute atomic E-state index is 0.395. The molecule has 0 fully saturated rings. The highest BCUT2D eigenvalue weighted by atomic mass is 35.5. The molecule has 1 aliphatic rings. The van der Waals surface area contributed by atoms with Gasteiger partial charge in [-0.3, -0.25) is 15.1 Å². The molecule has 0 radical (unpaired) electrons. The number of halogens is 2. The number of pyridine rings is 1. The van der Waals surface area contributed by atoms with Gasteiger partial charge >= 0.3 is 5.97 Å². The minimum atomic E-state index is -1.31. The van der Waals surface area contributed by atoms with E-state index in [1.165, 1.54) is 12.1 Å². The van der Waals surface area contributed by atoms with Crippen LogP contribution in [0.2, 0.25) is 0 Å². The van der Waals surface area contributed by atoms with Gasteiger partial charge in [0.05, 0.1) is 5.66 Å². The highest BCUT2D eigenvalue weighted by Crippen LogP contribution is 2.46. The molecule has 3 unspecified atom stereocenters. The smallest absolute Gasteiger partial charge is 0.313 e. The molecule has 0 spiro atoms. The first-order chi connectivity index (χ1) is 11.7. The number of carboxylic acid groups (broad SMARTS) is 1. The van der Waals surface area contributed by atoms with Gasteiger partial charge in [-0.15, -0.1) is 0 Å². The van der Waals surface area contributed by atoms with Crippen LogP contribution < -0.4 is 11.1 Å². The third-order valence-corrected chi connectivity index (χ3v) is 4.81. The number of nitrogens with two attached hydrogens (primary N) is 1. The molecule has 4 N–H and O–H groups in total. The summed E-state index contributed by atoms with van der Waals surface area (Å²) < 4.78 is 13.3. The second-order valence-corrected chi connectivity index (χ2v) is 6.77. The van der Waals surface area contributed by atoms with Gasteiger partial charge < -0.3 is 10.8 Å². The van der Waals surface area contributed by atoms with Crippen molar-refractivity contribution in [3.63, 3.8) is 0 Å². The zero-order valence-electron chi connectivity index (χ0n) is 13.4. The maximum absolute atomic E-state index is 13.3. The number of nitrogens with one attached hydrogen (secondary N) is 1. The van der Waals surface area contributed by atoms with Gasteiger partial charge in [0, 0.05) is 12.4 Å². The Morgan fingerprint density at radius 2 is 1.88 bits per heavy atom. The molecule has 3 rings (SSSR count). The van der Waals surface area contributed by atoms with E-state index in [4.69, 9.17) is 17.3 Å². The van der Waals surface area contributed by atoms with Crippen molar-refractivity contribution in [3.8, 4) is 0 Å². The summed E-state index contributed by atoms with van der Waals surface area (Å²) in [7, 11) is 0. The lowest BCUT2D eigenvalue weighted by Gasteiger charge is -2.46. The van der Waals surface area contributed by atoms with E-state index in [1.54, 1.807) is 49.7 Å². The molecule has 1 aromatic heterocycles. The topological polar surface area (TPSA) is 88.2 Å². The molecular formula is C18H17ClFN3O2. The Kier molecular flexibility index (Phi) is 4.36. The number of carboxylic acids is 1. The van der Waals surface area contributed by atoms with Crippen molar-refractivity contribution < 1.29 is 14.3 Å². The first-order valence-corrected chi connectivity index (χ1v) is 8.00.